The molecule has 1 aromatic heterocycles. The average molecular weight is 305 g/mol. The van der Waals surface area contributed by atoms with E-state index in [1.165, 1.54) is 6.42 Å². The van der Waals surface area contributed by atoms with E-state index in [1.54, 1.807) is 18.9 Å². The SMILES string of the molecule is COc1ccc(-c2nnc(SCC3CCCO3)n2C)cc1. The second-order valence-corrected chi connectivity index (χ2v) is 6.03. The largest absolute Gasteiger partial charge is 0.497 e. The van der Waals surface area contributed by atoms with Crippen LogP contribution in [-0.2, 0) is 11.8 Å². The average Bonchev–Trinajstić information content (AvgIpc) is 3.15. The summed E-state index contributed by atoms with van der Waals surface area (Å²) in [5.74, 6) is 2.65. The first-order valence-corrected chi connectivity index (χ1v) is 8.04. The summed E-state index contributed by atoms with van der Waals surface area (Å²) in [7, 11) is 3.66. The molecule has 2 heterocycles. The van der Waals surface area contributed by atoms with Crippen molar-refractivity contribution in [2.24, 2.45) is 7.05 Å². The Morgan fingerprint density at radius 2 is 2.14 bits per heavy atom. The molecule has 6 heteroatoms. The number of thioether (sulfide) groups is 1. The van der Waals surface area contributed by atoms with Crippen molar-refractivity contribution in [2.45, 2.75) is 24.1 Å². The predicted octanol–water partition coefficient (Wildman–Crippen LogP) is 2.76. The predicted molar refractivity (Wildman–Crippen MR) is 82.7 cm³/mol. The molecular formula is C15H19N3O2S. The van der Waals surface area contributed by atoms with Crippen LogP contribution in [0.25, 0.3) is 11.4 Å². The molecule has 1 fully saturated rings. The maximum atomic E-state index is 5.64. The number of rotatable bonds is 5. The second kappa shape index (κ2) is 6.49. The monoisotopic (exact) mass is 305 g/mol. The van der Waals surface area contributed by atoms with Gasteiger partial charge in [0.2, 0.25) is 0 Å². The molecular weight excluding hydrogens is 286 g/mol. The Labute approximate surface area is 128 Å². The van der Waals surface area contributed by atoms with E-state index < -0.39 is 0 Å². The van der Waals surface area contributed by atoms with Crippen molar-refractivity contribution in [1.29, 1.82) is 0 Å². The standard InChI is InChI=1S/C15H19N3O2S/c1-18-14(11-5-7-12(19-2)8-6-11)16-17-15(18)21-10-13-4-3-9-20-13/h5-8,13H,3-4,9-10H2,1-2H3. The Morgan fingerprint density at radius 1 is 1.33 bits per heavy atom. The first-order valence-electron chi connectivity index (χ1n) is 7.06. The van der Waals surface area contributed by atoms with Crippen LogP contribution in [0.15, 0.2) is 29.4 Å². The lowest BCUT2D eigenvalue weighted by molar-refractivity contribution is 0.129. The molecule has 0 aliphatic carbocycles. The quantitative estimate of drug-likeness (QED) is 0.795. The Bertz CT molecular complexity index is 591. The molecule has 1 aliphatic rings. The Kier molecular flexibility index (Phi) is 4.45. The molecule has 112 valence electrons. The lowest BCUT2D eigenvalue weighted by Crippen LogP contribution is -2.08. The maximum Gasteiger partial charge on any atom is 0.191 e. The molecule has 0 bridgehead atoms. The van der Waals surface area contributed by atoms with Crippen LogP contribution in [0, 0.1) is 0 Å². The molecule has 1 aromatic carbocycles. The number of methoxy groups -OCH3 is 1. The fourth-order valence-electron chi connectivity index (χ4n) is 2.38. The van der Waals surface area contributed by atoms with Crippen molar-refractivity contribution in [1.82, 2.24) is 14.8 Å². The number of benzene rings is 1. The summed E-state index contributed by atoms with van der Waals surface area (Å²) in [6.45, 7) is 0.890. The van der Waals surface area contributed by atoms with Gasteiger partial charge in [0.15, 0.2) is 11.0 Å². The fraction of sp³-hybridized carbons (Fsp3) is 0.467. The lowest BCUT2D eigenvalue weighted by Gasteiger charge is -2.08. The number of aromatic nitrogens is 3. The van der Waals surface area contributed by atoms with Gasteiger partial charge in [0.1, 0.15) is 5.75 Å². The molecule has 3 rings (SSSR count). The zero-order valence-corrected chi connectivity index (χ0v) is 13.1. The van der Waals surface area contributed by atoms with Crippen molar-refractivity contribution in [3.8, 4) is 17.1 Å². The van der Waals surface area contributed by atoms with Crippen LogP contribution in [0.3, 0.4) is 0 Å². The van der Waals surface area contributed by atoms with E-state index in [0.29, 0.717) is 6.10 Å². The first-order chi connectivity index (χ1) is 10.3. The van der Waals surface area contributed by atoms with Gasteiger partial charge >= 0.3 is 0 Å². The molecule has 21 heavy (non-hydrogen) atoms. The lowest BCUT2D eigenvalue weighted by atomic mass is 10.2. The number of hydrogen-bond acceptors (Lipinski definition) is 5. The summed E-state index contributed by atoms with van der Waals surface area (Å²) in [4.78, 5) is 0. The third-order valence-corrected chi connectivity index (χ3v) is 4.76. The molecule has 5 nitrogen and oxygen atoms in total. The smallest absolute Gasteiger partial charge is 0.191 e. The van der Waals surface area contributed by atoms with E-state index in [0.717, 1.165) is 41.1 Å². The van der Waals surface area contributed by atoms with Crippen LogP contribution in [0.4, 0.5) is 0 Å². The van der Waals surface area contributed by atoms with E-state index in [4.69, 9.17) is 9.47 Å². The van der Waals surface area contributed by atoms with Gasteiger partial charge in [0.05, 0.1) is 13.2 Å². The van der Waals surface area contributed by atoms with E-state index in [9.17, 15) is 0 Å². The summed E-state index contributed by atoms with van der Waals surface area (Å²) >= 11 is 1.71. The molecule has 1 saturated heterocycles. The molecule has 0 amide bonds. The molecule has 2 aromatic rings. The molecule has 1 unspecified atom stereocenters. The van der Waals surface area contributed by atoms with Gasteiger partial charge in [-0.2, -0.15) is 0 Å². The first kappa shape index (κ1) is 14.4. The van der Waals surface area contributed by atoms with Gasteiger partial charge in [-0.25, -0.2) is 0 Å². The van der Waals surface area contributed by atoms with Crippen LogP contribution in [0.5, 0.6) is 5.75 Å². The molecule has 0 spiro atoms. The Balaban J connectivity index is 1.71. The van der Waals surface area contributed by atoms with Crippen molar-refractivity contribution >= 4 is 11.8 Å². The van der Waals surface area contributed by atoms with E-state index in [1.807, 2.05) is 35.9 Å². The van der Waals surface area contributed by atoms with E-state index >= 15 is 0 Å². The van der Waals surface area contributed by atoms with Crippen molar-refractivity contribution in [2.75, 3.05) is 19.5 Å². The third-order valence-electron chi connectivity index (χ3n) is 3.61. The van der Waals surface area contributed by atoms with Gasteiger partial charge in [0, 0.05) is 25.0 Å². The van der Waals surface area contributed by atoms with Crippen molar-refractivity contribution < 1.29 is 9.47 Å². The minimum atomic E-state index is 0.358. The van der Waals surface area contributed by atoms with Crippen LogP contribution in [0.1, 0.15) is 12.8 Å². The molecule has 0 radical (unpaired) electrons. The normalized spacial score (nSPS) is 18.1. The summed E-state index contributed by atoms with van der Waals surface area (Å²) in [6, 6.07) is 7.86. The van der Waals surface area contributed by atoms with Gasteiger partial charge < -0.3 is 14.0 Å². The van der Waals surface area contributed by atoms with Gasteiger partial charge in [0.25, 0.3) is 0 Å². The maximum absolute atomic E-state index is 5.64. The van der Waals surface area contributed by atoms with Crippen molar-refractivity contribution in [3.05, 3.63) is 24.3 Å². The Morgan fingerprint density at radius 3 is 2.81 bits per heavy atom. The number of ether oxygens (including phenoxy) is 2. The highest BCUT2D eigenvalue weighted by Crippen LogP contribution is 2.26. The molecule has 1 atom stereocenters. The van der Waals surface area contributed by atoms with Crippen LogP contribution in [0.2, 0.25) is 0 Å². The van der Waals surface area contributed by atoms with Crippen LogP contribution in [-0.4, -0.2) is 40.3 Å². The second-order valence-electron chi connectivity index (χ2n) is 5.04. The van der Waals surface area contributed by atoms with Gasteiger partial charge in [-0.15, -0.1) is 10.2 Å². The van der Waals surface area contributed by atoms with Crippen LogP contribution < -0.4 is 4.74 Å². The van der Waals surface area contributed by atoms with Gasteiger partial charge in [-0.1, -0.05) is 11.8 Å². The highest BCUT2D eigenvalue weighted by molar-refractivity contribution is 7.99. The summed E-state index contributed by atoms with van der Waals surface area (Å²) in [5.41, 5.74) is 1.04. The minimum absolute atomic E-state index is 0.358. The Hall–Kier alpha value is -1.53. The van der Waals surface area contributed by atoms with E-state index in [-0.39, 0.29) is 0 Å². The summed E-state index contributed by atoms with van der Waals surface area (Å²) < 4.78 is 12.8. The van der Waals surface area contributed by atoms with Gasteiger partial charge in [-0.05, 0) is 37.1 Å². The zero-order valence-electron chi connectivity index (χ0n) is 12.3. The molecule has 1 aliphatic heterocycles. The highest BCUT2D eigenvalue weighted by atomic mass is 32.2. The fourth-order valence-corrected chi connectivity index (χ4v) is 3.35. The zero-order chi connectivity index (χ0) is 14.7. The summed E-state index contributed by atoms with van der Waals surface area (Å²) in [5, 5.41) is 9.51. The highest BCUT2D eigenvalue weighted by Gasteiger charge is 2.18. The molecule has 0 saturated carbocycles. The topological polar surface area (TPSA) is 49.2 Å². The molecule has 0 N–H and O–H groups in total. The minimum Gasteiger partial charge on any atom is -0.497 e. The van der Waals surface area contributed by atoms with Gasteiger partial charge in [-0.3, -0.25) is 0 Å². The summed E-state index contributed by atoms with van der Waals surface area (Å²) in [6.07, 6.45) is 2.67. The van der Waals surface area contributed by atoms with E-state index in [2.05, 4.69) is 10.2 Å². The van der Waals surface area contributed by atoms with Crippen molar-refractivity contribution in [3.63, 3.8) is 0 Å². The number of nitrogens with zero attached hydrogens (tertiary/aromatic N) is 3. The third kappa shape index (κ3) is 3.22. The number of hydrogen-bond donors (Lipinski definition) is 0. The van der Waals surface area contributed by atoms with Crippen LogP contribution >= 0.6 is 11.8 Å².